The van der Waals surface area contributed by atoms with E-state index in [2.05, 4.69) is 66.0 Å². The van der Waals surface area contributed by atoms with Crippen molar-refractivity contribution < 1.29 is 9.90 Å². The molecule has 4 rings (SSSR count). The van der Waals surface area contributed by atoms with Crippen molar-refractivity contribution in [2.24, 2.45) is 10.4 Å². The number of carbonyl (C=O) groups is 1. The number of piperidine rings is 1. The summed E-state index contributed by atoms with van der Waals surface area (Å²) in [6.45, 7) is 2.32. The monoisotopic (exact) mass is 532 g/mol. The molecule has 2 fully saturated rings. The smallest absolute Gasteiger partial charge is 0.338 e. The fourth-order valence-corrected chi connectivity index (χ4v) is 6.30. The van der Waals surface area contributed by atoms with Gasteiger partial charge in [-0.3, -0.25) is 4.99 Å². The number of hydrogen-bond acceptors (Lipinski definition) is 3. The molecule has 6 heteroatoms. The van der Waals surface area contributed by atoms with Crippen LogP contribution in [0.4, 0.5) is 11.4 Å². The lowest BCUT2D eigenvalue weighted by Crippen LogP contribution is -2.41. The highest BCUT2D eigenvalue weighted by Gasteiger charge is 2.35. The largest absolute Gasteiger partial charge is 0.478 e. The van der Waals surface area contributed by atoms with Gasteiger partial charge >= 0.3 is 5.97 Å². The molecule has 2 aromatic rings. The molecule has 1 N–H and O–H groups in total. The molecule has 1 heterocycles. The normalized spacial score (nSPS) is 18.8. The quantitative estimate of drug-likeness (QED) is 0.422. The molecule has 30 heavy (non-hydrogen) atoms. The summed E-state index contributed by atoms with van der Waals surface area (Å²) in [5, 5.41) is 9.25. The van der Waals surface area contributed by atoms with Crippen molar-refractivity contribution in [3.63, 3.8) is 0 Å². The van der Waals surface area contributed by atoms with Gasteiger partial charge < -0.3 is 10.0 Å². The van der Waals surface area contributed by atoms with Crippen molar-refractivity contribution in [3.8, 4) is 0 Å². The minimum Gasteiger partial charge on any atom is -0.478 e. The summed E-state index contributed by atoms with van der Waals surface area (Å²) in [6, 6.07) is 12.0. The van der Waals surface area contributed by atoms with E-state index >= 15 is 0 Å². The molecule has 0 atom stereocenters. The topological polar surface area (TPSA) is 52.9 Å². The number of carboxylic acid groups (broad SMARTS) is 1. The van der Waals surface area contributed by atoms with Crippen molar-refractivity contribution in [2.75, 3.05) is 18.0 Å². The van der Waals surface area contributed by atoms with E-state index in [4.69, 9.17) is 0 Å². The molecule has 0 amide bonds. The second kappa shape index (κ2) is 9.23. The Morgan fingerprint density at radius 1 is 0.967 bits per heavy atom. The van der Waals surface area contributed by atoms with E-state index in [-0.39, 0.29) is 5.56 Å². The first-order chi connectivity index (χ1) is 14.5. The second-order valence-electron chi connectivity index (χ2n) is 8.49. The first kappa shape index (κ1) is 21.6. The van der Waals surface area contributed by atoms with E-state index in [0.717, 1.165) is 18.7 Å². The van der Waals surface area contributed by atoms with Gasteiger partial charge in [0.15, 0.2) is 0 Å². The highest BCUT2D eigenvalue weighted by molar-refractivity contribution is 9.11. The molecule has 4 nitrogen and oxygen atoms in total. The van der Waals surface area contributed by atoms with Gasteiger partial charge in [-0.1, -0.05) is 31.4 Å². The van der Waals surface area contributed by atoms with Crippen LogP contribution in [0, 0.1) is 5.41 Å². The predicted octanol–water partition coefficient (Wildman–Crippen LogP) is 7.21. The van der Waals surface area contributed by atoms with E-state index in [0.29, 0.717) is 20.0 Å². The van der Waals surface area contributed by atoms with Crippen molar-refractivity contribution in [1.82, 2.24) is 0 Å². The number of aliphatic imine (C=N–C) groups is 1. The molecule has 0 unspecified atom stereocenters. The lowest BCUT2D eigenvalue weighted by Gasteiger charge is -2.45. The molecule has 1 saturated heterocycles. The average Bonchev–Trinajstić information content (AvgIpc) is 2.73. The Labute approximate surface area is 194 Å². The molecule has 2 aliphatic rings. The number of halogens is 2. The molecular formula is C24H26Br2N2O2. The van der Waals surface area contributed by atoms with Crippen LogP contribution in [0.15, 0.2) is 50.3 Å². The summed E-state index contributed by atoms with van der Waals surface area (Å²) >= 11 is 6.63. The molecule has 1 spiro atoms. The first-order valence-corrected chi connectivity index (χ1v) is 12.2. The Balaban J connectivity index is 1.40. The molecule has 1 aliphatic carbocycles. The molecule has 1 aliphatic heterocycles. The van der Waals surface area contributed by atoms with Gasteiger partial charge in [0, 0.05) is 33.9 Å². The van der Waals surface area contributed by atoms with Gasteiger partial charge in [-0.15, -0.1) is 0 Å². The number of rotatable bonds is 4. The summed E-state index contributed by atoms with van der Waals surface area (Å²) in [5.41, 5.74) is 3.83. The van der Waals surface area contributed by atoms with Crippen LogP contribution in [0.5, 0.6) is 0 Å². The van der Waals surface area contributed by atoms with Crippen LogP contribution in [0.2, 0.25) is 0 Å². The molecule has 0 radical (unpaired) electrons. The van der Waals surface area contributed by atoms with Gasteiger partial charge in [0.05, 0.1) is 11.3 Å². The maximum Gasteiger partial charge on any atom is 0.338 e. The van der Waals surface area contributed by atoms with Gasteiger partial charge in [-0.05, 0) is 92.8 Å². The van der Waals surface area contributed by atoms with Crippen molar-refractivity contribution in [1.29, 1.82) is 0 Å². The first-order valence-electron chi connectivity index (χ1n) is 10.6. The molecule has 158 valence electrons. The minimum atomic E-state index is -0.980. The van der Waals surface area contributed by atoms with Crippen molar-refractivity contribution >= 4 is 55.4 Å². The highest BCUT2D eigenvalue weighted by Crippen LogP contribution is 2.45. The Bertz CT molecular complexity index is 917. The maximum atomic E-state index is 11.3. The third kappa shape index (κ3) is 4.80. The summed E-state index contributed by atoms with van der Waals surface area (Å²) in [5.74, 6) is -0.980. The Morgan fingerprint density at radius 2 is 1.57 bits per heavy atom. The third-order valence-electron chi connectivity index (χ3n) is 6.60. The minimum absolute atomic E-state index is 0.204. The van der Waals surface area contributed by atoms with Gasteiger partial charge in [0.1, 0.15) is 0 Å². The third-order valence-corrected chi connectivity index (χ3v) is 7.85. The van der Waals surface area contributed by atoms with Crippen molar-refractivity contribution in [2.45, 2.75) is 44.9 Å². The molecular weight excluding hydrogens is 508 g/mol. The van der Waals surface area contributed by atoms with Crippen LogP contribution < -0.4 is 4.90 Å². The van der Waals surface area contributed by atoms with E-state index in [1.807, 2.05) is 6.21 Å². The number of carboxylic acids is 1. The number of hydrogen-bond donors (Lipinski definition) is 1. The van der Waals surface area contributed by atoms with Gasteiger partial charge in [-0.25, -0.2) is 4.79 Å². The number of nitrogens with zero attached hydrogens (tertiary/aromatic N) is 2. The molecule has 0 bridgehead atoms. The lowest BCUT2D eigenvalue weighted by atomic mass is 9.68. The lowest BCUT2D eigenvalue weighted by molar-refractivity contribution is 0.0695. The Kier molecular flexibility index (Phi) is 6.63. The van der Waals surface area contributed by atoms with Crippen LogP contribution >= 0.6 is 31.9 Å². The zero-order valence-corrected chi connectivity index (χ0v) is 20.1. The second-order valence-corrected chi connectivity index (χ2v) is 10.2. The number of aromatic carboxylic acids is 1. The van der Waals surface area contributed by atoms with Crippen LogP contribution in [-0.4, -0.2) is 30.4 Å². The zero-order valence-electron chi connectivity index (χ0n) is 16.9. The van der Waals surface area contributed by atoms with E-state index < -0.39 is 5.97 Å². The van der Waals surface area contributed by atoms with Crippen LogP contribution in [0.25, 0.3) is 0 Å². The summed E-state index contributed by atoms with van der Waals surface area (Å²) in [7, 11) is 0. The SMILES string of the molecule is O=C(O)c1c(Br)cc(N=Cc2ccc(N3CCC4(CCCCC4)CC3)cc2)cc1Br. The van der Waals surface area contributed by atoms with E-state index in [1.165, 1.54) is 50.6 Å². The van der Waals surface area contributed by atoms with Crippen LogP contribution in [0.1, 0.15) is 60.9 Å². The molecule has 2 aromatic carbocycles. The highest BCUT2D eigenvalue weighted by atomic mass is 79.9. The molecule has 0 aromatic heterocycles. The maximum absolute atomic E-state index is 11.3. The summed E-state index contributed by atoms with van der Waals surface area (Å²) in [6.07, 6.45) is 11.6. The molecule has 1 saturated carbocycles. The van der Waals surface area contributed by atoms with E-state index in [1.54, 1.807) is 12.1 Å². The fourth-order valence-electron chi connectivity index (χ4n) is 4.80. The average molecular weight is 534 g/mol. The zero-order chi connectivity index (χ0) is 21.1. The van der Waals surface area contributed by atoms with Gasteiger partial charge in [0.25, 0.3) is 0 Å². The Morgan fingerprint density at radius 3 is 2.13 bits per heavy atom. The van der Waals surface area contributed by atoms with Crippen LogP contribution in [0.3, 0.4) is 0 Å². The van der Waals surface area contributed by atoms with Crippen molar-refractivity contribution in [3.05, 3.63) is 56.5 Å². The predicted molar refractivity (Wildman–Crippen MR) is 129 cm³/mol. The van der Waals surface area contributed by atoms with Crippen LogP contribution in [-0.2, 0) is 0 Å². The standard InChI is InChI=1S/C24H26Br2N2O2/c25-20-14-18(15-21(26)22(20)23(29)30)27-16-17-4-6-19(7-5-17)28-12-10-24(11-13-28)8-2-1-3-9-24/h4-7,14-16H,1-3,8-13H2,(H,29,30). The van der Waals surface area contributed by atoms with Gasteiger partial charge in [-0.2, -0.15) is 0 Å². The number of benzene rings is 2. The van der Waals surface area contributed by atoms with E-state index in [9.17, 15) is 9.90 Å². The fraction of sp³-hybridized carbons (Fsp3) is 0.417. The Hall–Kier alpha value is -1.66. The van der Waals surface area contributed by atoms with Gasteiger partial charge in [0.2, 0.25) is 0 Å². The number of anilines is 1. The summed E-state index contributed by atoms with van der Waals surface area (Å²) in [4.78, 5) is 18.3. The summed E-state index contributed by atoms with van der Waals surface area (Å²) < 4.78 is 1.01.